The van der Waals surface area contributed by atoms with Gasteiger partial charge in [0.15, 0.2) is 5.78 Å². The number of fused-ring (bicyclic) bond motifs is 3. The molecule has 4 rings (SSSR count). The maximum Gasteiger partial charge on any atom is 0.168 e. The van der Waals surface area contributed by atoms with Gasteiger partial charge in [-0.25, -0.2) is 0 Å². The van der Waals surface area contributed by atoms with Crippen LogP contribution in [0.3, 0.4) is 0 Å². The molecule has 0 saturated carbocycles. The van der Waals surface area contributed by atoms with E-state index in [1.165, 1.54) is 19.3 Å². The van der Waals surface area contributed by atoms with Gasteiger partial charge in [-0.05, 0) is 38.1 Å². The van der Waals surface area contributed by atoms with E-state index in [0.29, 0.717) is 17.9 Å². The second kappa shape index (κ2) is 5.47. The zero-order chi connectivity index (χ0) is 15.1. The summed E-state index contributed by atoms with van der Waals surface area (Å²) < 4.78 is 0. The molecule has 3 heterocycles. The number of rotatable bonds is 2. The lowest BCUT2D eigenvalue weighted by Crippen LogP contribution is -2.51. The predicted octanol–water partition coefficient (Wildman–Crippen LogP) is 3.68. The Balaban J connectivity index is 1.66. The molecule has 0 amide bonds. The fraction of sp³-hybridized carbons (Fsp3) is 0.474. The van der Waals surface area contributed by atoms with E-state index in [-0.39, 0.29) is 5.92 Å². The van der Waals surface area contributed by atoms with Crippen LogP contribution in [0.5, 0.6) is 0 Å². The van der Waals surface area contributed by atoms with Crippen LogP contribution in [-0.2, 0) is 0 Å². The molecule has 3 heteroatoms. The molecule has 0 aliphatic carbocycles. The van der Waals surface area contributed by atoms with Crippen LogP contribution in [0.1, 0.15) is 42.5 Å². The summed E-state index contributed by atoms with van der Waals surface area (Å²) in [6.45, 7) is 0. The third-order valence-corrected chi connectivity index (χ3v) is 5.64. The Hall–Kier alpha value is -1.74. The second-order valence-electron chi connectivity index (χ2n) is 6.84. The van der Waals surface area contributed by atoms with Gasteiger partial charge in [0.2, 0.25) is 0 Å². The number of ketones is 1. The number of Topliss-reactive ketones (excluding diaryl/α,β-unsaturated/α-hetero) is 1. The molecule has 2 aliphatic rings. The Morgan fingerprint density at radius 2 is 1.86 bits per heavy atom. The quantitative estimate of drug-likeness (QED) is 0.792. The van der Waals surface area contributed by atoms with Gasteiger partial charge in [-0.15, -0.1) is 0 Å². The molecule has 2 atom stereocenters. The van der Waals surface area contributed by atoms with Crippen molar-refractivity contribution in [3.05, 3.63) is 42.2 Å². The minimum atomic E-state index is 0.166. The first-order valence-electron chi connectivity index (χ1n) is 8.33. The Morgan fingerprint density at radius 3 is 2.64 bits per heavy atom. The van der Waals surface area contributed by atoms with Gasteiger partial charge in [-0.3, -0.25) is 9.78 Å². The average Bonchev–Trinajstić information content (AvgIpc) is 2.53. The molecule has 2 unspecified atom stereocenters. The van der Waals surface area contributed by atoms with Gasteiger partial charge in [0.05, 0.1) is 0 Å². The van der Waals surface area contributed by atoms with Gasteiger partial charge in [0, 0.05) is 41.3 Å². The molecule has 2 aromatic rings. The molecule has 0 spiro atoms. The molecule has 1 aromatic carbocycles. The van der Waals surface area contributed by atoms with Crippen LogP contribution in [0.15, 0.2) is 36.7 Å². The largest absolute Gasteiger partial charge is 0.300 e. The van der Waals surface area contributed by atoms with Crippen molar-refractivity contribution >= 4 is 16.6 Å². The third-order valence-electron chi connectivity index (χ3n) is 5.64. The van der Waals surface area contributed by atoms with Crippen LogP contribution in [0.4, 0.5) is 0 Å². The number of aromatic nitrogens is 1. The van der Waals surface area contributed by atoms with Crippen LogP contribution in [0.2, 0.25) is 0 Å². The number of nitrogens with zero attached hydrogens (tertiary/aromatic N) is 2. The van der Waals surface area contributed by atoms with Crippen LogP contribution < -0.4 is 0 Å². The number of hydrogen-bond donors (Lipinski definition) is 0. The maximum absolute atomic E-state index is 13.1. The Labute approximate surface area is 131 Å². The summed E-state index contributed by atoms with van der Waals surface area (Å²) in [6, 6.07) is 9.25. The SMILES string of the molecule is CN1C2CCCC1CC(C(=O)c1cncc3ccccc13)C2. The van der Waals surface area contributed by atoms with Gasteiger partial charge in [-0.1, -0.05) is 30.7 Å². The summed E-state index contributed by atoms with van der Waals surface area (Å²) in [6.07, 6.45) is 9.42. The van der Waals surface area contributed by atoms with Crippen molar-refractivity contribution in [2.45, 2.75) is 44.2 Å². The van der Waals surface area contributed by atoms with Crippen molar-refractivity contribution in [3.8, 4) is 0 Å². The van der Waals surface area contributed by atoms with Crippen LogP contribution >= 0.6 is 0 Å². The summed E-state index contributed by atoms with van der Waals surface area (Å²) >= 11 is 0. The van der Waals surface area contributed by atoms with Crippen molar-refractivity contribution in [2.24, 2.45) is 5.92 Å². The van der Waals surface area contributed by atoms with Gasteiger partial charge in [-0.2, -0.15) is 0 Å². The Bertz CT molecular complexity index is 692. The zero-order valence-electron chi connectivity index (χ0n) is 13.0. The minimum absolute atomic E-state index is 0.166. The molecule has 2 bridgehead atoms. The van der Waals surface area contributed by atoms with Crippen molar-refractivity contribution in [1.29, 1.82) is 0 Å². The highest BCUT2D eigenvalue weighted by atomic mass is 16.1. The number of pyridine rings is 1. The van der Waals surface area contributed by atoms with E-state index in [0.717, 1.165) is 29.2 Å². The summed E-state index contributed by atoms with van der Waals surface area (Å²) in [5, 5.41) is 2.10. The van der Waals surface area contributed by atoms with E-state index in [4.69, 9.17) is 0 Å². The molecule has 114 valence electrons. The number of piperidine rings is 2. The lowest BCUT2D eigenvalue weighted by atomic mass is 9.76. The van der Waals surface area contributed by atoms with E-state index in [1.807, 2.05) is 30.5 Å². The monoisotopic (exact) mass is 294 g/mol. The number of hydrogen-bond acceptors (Lipinski definition) is 3. The first-order chi connectivity index (χ1) is 10.7. The zero-order valence-corrected chi connectivity index (χ0v) is 13.0. The third kappa shape index (κ3) is 2.24. The number of carbonyl (C=O) groups excluding carboxylic acids is 1. The molecule has 0 radical (unpaired) electrons. The topological polar surface area (TPSA) is 33.2 Å². The Kier molecular flexibility index (Phi) is 3.45. The van der Waals surface area contributed by atoms with E-state index in [1.54, 1.807) is 6.20 Å². The summed E-state index contributed by atoms with van der Waals surface area (Å²) in [7, 11) is 2.23. The summed E-state index contributed by atoms with van der Waals surface area (Å²) in [4.78, 5) is 19.9. The molecular formula is C19H22N2O. The fourth-order valence-corrected chi connectivity index (χ4v) is 4.36. The van der Waals surface area contributed by atoms with Gasteiger partial charge < -0.3 is 4.90 Å². The van der Waals surface area contributed by atoms with E-state index in [9.17, 15) is 4.79 Å². The average molecular weight is 294 g/mol. The van der Waals surface area contributed by atoms with Crippen LogP contribution in [0.25, 0.3) is 10.8 Å². The van der Waals surface area contributed by atoms with Crippen molar-refractivity contribution in [2.75, 3.05) is 7.05 Å². The highest BCUT2D eigenvalue weighted by Crippen LogP contribution is 2.37. The first-order valence-corrected chi connectivity index (χ1v) is 8.33. The summed E-state index contributed by atoms with van der Waals surface area (Å²) in [5.41, 5.74) is 0.811. The van der Waals surface area contributed by atoms with E-state index in [2.05, 4.69) is 16.9 Å². The molecular weight excluding hydrogens is 272 g/mol. The highest BCUT2D eigenvalue weighted by Gasteiger charge is 2.39. The van der Waals surface area contributed by atoms with Crippen LogP contribution in [0, 0.1) is 5.92 Å². The van der Waals surface area contributed by atoms with Gasteiger partial charge >= 0.3 is 0 Å². The molecule has 0 N–H and O–H groups in total. The number of benzene rings is 1. The van der Waals surface area contributed by atoms with Crippen molar-refractivity contribution in [1.82, 2.24) is 9.88 Å². The molecule has 22 heavy (non-hydrogen) atoms. The normalized spacial score (nSPS) is 28.7. The standard InChI is InChI=1S/C19H22N2O/c1-21-15-6-4-7-16(21)10-14(9-15)19(22)18-12-20-11-13-5-2-3-8-17(13)18/h2-3,5,8,11-12,14-16H,4,6-7,9-10H2,1H3. The molecule has 2 fully saturated rings. The highest BCUT2D eigenvalue weighted by molar-refractivity contribution is 6.08. The van der Waals surface area contributed by atoms with E-state index < -0.39 is 0 Å². The Morgan fingerprint density at radius 1 is 1.14 bits per heavy atom. The number of carbonyl (C=O) groups is 1. The van der Waals surface area contributed by atoms with E-state index >= 15 is 0 Å². The smallest absolute Gasteiger partial charge is 0.168 e. The van der Waals surface area contributed by atoms with Gasteiger partial charge in [0.1, 0.15) is 0 Å². The first kappa shape index (κ1) is 13.9. The lowest BCUT2D eigenvalue weighted by Gasteiger charge is -2.46. The molecule has 3 nitrogen and oxygen atoms in total. The van der Waals surface area contributed by atoms with Gasteiger partial charge in [0.25, 0.3) is 0 Å². The molecule has 2 saturated heterocycles. The predicted molar refractivity (Wildman–Crippen MR) is 88.0 cm³/mol. The lowest BCUT2D eigenvalue weighted by molar-refractivity contribution is 0.0339. The molecule has 1 aromatic heterocycles. The van der Waals surface area contributed by atoms with Crippen LogP contribution in [-0.4, -0.2) is 34.8 Å². The fourth-order valence-electron chi connectivity index (χ4n) is 4.36. The maximum atomic E-state index is 13.1. The summed E-state index contributed by atoms with van der Waals surface area (Å²) in [5.74, 6) is 0.466. The second-order valence-corrected chi connectivity index (χ2v) is 6.84. The van der Waals surface area contributed by atoms with Crippen molar-refractivity contribution < 1.29 is 4.79 Å². The van der Waals surface area contributed by atoms with Crippen molar-refractivity contribution in [3.63, 3.8) is 0 Å². The minimum Gasteiger partial charge on any atom is -0.300 e. The molecule has 2 aliphatic heterocycles.